The molecule has 2 N–H and O–H groups in total. The molecule has 2 saturated heterocycles. The fourth-order valence-corrected chi connectivity index (χ4v) is 4.07. The molecule has 0 radical (unpaired) electrons. The van der Waals surface area contributed by atoms with Crippen LogP contribution < -0.4 is 20.3 Å². The predicted octanol–water partition coefficient (Wildman–Crippen LogP) is 2.93. The molecule has 2 fully saturated rings. The lowest BCUT2D eigenvalue weighted by atomic mass is 10.2. The summed E-state index contributed by atoms with van der Waals surface area (Å²) in [6.07, 6.45) is 6.56. The van der Waals surface area contributed by atoms with E-state index >= 15 is 0 Å². The number of guanidine groups is 1. The van der Waals surface area contributed by atoms with Crippen LogP contribution >= 0.6 is 24.0 Å². The Bertz CT molecular complexity index is 604. The van der Waals surface area contributed by atoms with Gasteiger partial charge in [0.25, 0.3) is 0 Å². The molecule has 1 atom stereocenters. The molecular formula is C21H36IN5O. The molecule has 28 heavy (non-hydrogen) atoms. The first-order valence-electron chi connectivity index (χ1n) is 10.4. The van der Waals surface area contributed by atoms with Crippen LogP contribution in [0.25, 0.3) is 0 Å². The monoisotopic (exact) mass is 501 g/mol. The molecule has 0 aromatic heterocycles. The molecule has 6 nitrogen and oxygen atoms in total. The lowest BCUT2D eigenvalue weighted by Crippen LogP contribution is -2.46. The van der Waals surface area contributed by atoms with Crippen molar-refractivity contribution in [3.8, 4) is 5.75 Å². The van der Waals surface area contributed by atoms with E-state index in [9.17, 15) is 0 Å². The second-order valence-corrected chi connectivity index (χ2v) is 7.50. The van der Waals surface area contributed by atoms with Crippen molar-refractivity contribution >= 4 is 35.6 Å². The van der Waals surface area contributed by atoms with Gasteiger partial charge in [-0.3, -0.25) is 4.99 Å². The minimum atomic E-state index is 0. The lowest BCUT2D eigenvalue weighted by Gasteiger charge is -2.23. The number of hydrogen-bond acceptors (Lipinski definition) is 4. The maximum atomic E-state index is 5.51. The number of halogens is 1. The summed E-state index contributed by atoms with van der Waals surface area (Å²) < 4.78 is 5.51. The van der Waals surface area contributed by atoms with Crippen LogP contribution in [0.15, 0.2) is 29.3 Å². The number of nitrogens with zero attached hydrogens (tertiary/aromatic N) is 3. The third-order valence-corrected chi connectivity index (χ3v) is 5.60. The molecule has 0 amide bonds. The van der Waals surface area contributed by atoms with Gasteiger partial charge in [-0.2, -0.15) is 0 Å². The number of methoxy groups -OCH3 is 1. The van der Waals surface area contributed by atoms with Crippen molar-refractivity contribution in [3.05, 3.63) is 24.3 Å². The SMILES string of the molecule is CN=C(NCCN1CCCCCC1)NC1CCN(c2ccccc2OC)C1.I. The Morgan fingerprint density at radius 2 is 1.89 bits per heavy atom. The highest BCUT2D eigenvalue weighted by Crippen LogP contribution is 2.30. The van der Waals surface area contributed by atoms with Gasteiger partial charge < -0.3 is 25.2 Å². The number of benzene rings is 1. The first kappa shape index (κ1) is 23.1. The van der Waals surface area contributed by atoms with Gasteiger partial charge in [0.2, 0.25) is 0 Å². The molecule has 0 spiro atoms. The lowest BCUT2D eigenvalue weighted by molar-refractivity contribution is 0.289. The van der Waals surface area contributed by atoms with E-state index in [1.807, 2.05) is 19.2 Å². The van der Waals surface area contributed by atoms with Crippen LogP contribution in [-0.4, -0.2) is 70.3 Å². The van der Waals surface area contributed by atoms with Crippen molar-refractivity contribution in [2.24, 2.45) is 4.99 Å². The van der Waals surface area contributed by atoms with Gasteiger partial charge in [0, 0.05) is 39.3 Å². The zero-order valence-electron chi connectivity index (χ0n) is 17.3. The molecule has 1 aromatic carbocycles. The Labute approximate surface area is 187 Å². The summed E-state index contributed by atoms with van der Waals surface area (Å²) >= 11 is 0. The minimum Gasteiger partial charge on any atom is -0.495 e. The van der Waals surface area contributed by atoms with Crippen LogP contribution in [0, 0.1) is 0 Å². The highest BCUT2D eigenvalue weighted by molar-refractivity contribution is 14.0. The van der Waals surface area contributed by atoms with Crippen LogP contribution in [0.3, 0.4) is 0 Å². The Balaban J connectivity index is 0.00000280. The normalized spacial score (nSPS) is 21.0. The second-order valence-electron chi connectivity index (χ2n) is 7.50. The van der Waals surface area contributed by atoms with Gasteiger partial charge in [0.05, 0.1) is 12.8 Å². The number of ether oxygens (including phenoxy) is 1. The average Bonchev–Trinajstić information content (AvgIpc) is 3.01. The Morgan fingerprint density at radius 3 is 2.61 bits per heavy atom. The van der Waals surface area contributed by atoms with Gasteiger partial charge in [-0.15, -0.1) is 24.0 Å². The summed E-state index contributed by atoms with van der Waals surface area (Å²) in [5.41, 5.74) is 1.17. The predicted molar refractivity (Wildman–Crippen MR) is 128 cm³/mol. The average molecular weight is 501 g/mol. The Hall–Kier alpha value is -1.22. The molecule has 1 aromatic rings. The summed E-state index contributed by atoms with van der Waals surface area (Å²) in [4.78, 5) is 9.38. The molecule has 2 aliphatic heterocycles. The third kappa shape index (κ3) is 6.69. The number of nitrogens with one attached hydrogen (secondary N) is 2. The van der Waals surface area contributed by atoms with Crippen molar-refractivity contribution in [3.63, 3.8) is 0 Å². The summed E-state index contributed by atoms with van der Waals surface area (Å²) in [5, 5.41) is 7.09. The summed E-state index contributed by atoms with van der Waals surface area (Å²) in [7, 11) is 3.59. The van der Waals surface area contributed by atoms with Gasteiger partial charge in [-0.05, 0) is 44.5 Å². The number of likely N-dealkylation sites (tertiary alicyclic amines) is 1. The van der Waals surface area contributed by atoms with Gasteiger partial charge in [0.15, 0.2) is 5.96 Å². The van der Waals surface area contributed by atoms with E-state index in [0.717, 1.165) is 44.3 Å². The smallest absolute Gasteiger partial charge is 0.191 e. The van der Waals surface area contributed by atoms with Crippen molar-refractivity contribution in [1.29, 1.82) is 0 Å². The molecule has 0 saturated carbocycles. The van der Waals surface area contributed by atoms with Crippen LogP contribution in [0.4, 0.5) is 5.69 Å². The number of para-hydroxylation sites is 2. The van der Waals surface area contributed by atoms with Crippen LogP contribution in [0.2, 0.25) is 0 Å². The number of anilines is 1. The summed E-state index contributed by atoms with van der Waals surface area (Å²) in [6.45, 7) is 6.52. The zero-order valence-corrected chi connectivity index (χ0v) is 19.7. The van der Waals surface area contributed by atoms with E-state index in [2.05, 4.69) is 37.6 Å². The maximum absolute atomic E-state index is 5.51. The molecule has 2 aliphatic rings. The molecule has 7 heteroatoms. The van der Waals surface area contributed by atoms with Crippen LogP contribution in [0.5, 0.6) is 5.75 Å². The largest absolute Gasteiger partial charge is 0.495 e. The molecule has 1 unspecified atom stereocenters. The van der Waals surface area contributed by atoms with Gasteiger partial charge in [-0.25, -0.2) is 0 Å². The topological polar surface area (TPSA) is 52.1 Å². The van der Waals surface area contributed by atoms with Gasteiger partial charge in [0.1, 0.15) is 5.75 Å². The molecular weight excluding hydrogens is 465 g/mol. The zero-order chi connectivity index (χ0) is 18.9. The third-order valence-electron chi connectivity index (χ3n) is 5.60. The van der Waals surface area contributed by atoms with E-state index in [4.69, 9.17) is 4.74 Å². The fraction of sp³-hybridized carbons (Fsp3) is 0.667. The fourth-order valence-electron chi connectivity index (χ4n) is 4.07. The van der Waals surface area contributed by atoms with Gasteiger partial charge >= 0.3 is 0 Å². The first-order valence-corrected chi connectivity index (χ1v) is 10.4. The molecule has 3 rings (SSSR count). The van der Waals surface area contributed by atoms with Crippen molar-refractivity contribution < 1.29 is 4.74 Å². The molecule has 158 valence electrons. The molecule has 2 heterocycles. The summed E-state index contributed by atoms with van der Waals surface area (Å²) in [6, 6.07) is 8.65. The van der Waals surface area contributed by atoms with E-state index in [1.165, 1.54) is 44.5 Å². The quantitative estimate of drug-likeness (QED) is 0.357. The minimum absolute atomic E-state index is 0. The second kappa shape index (κ2) is 12.4. The van der Waals surface area contributed by atoms with E-state index in [1.54, 1.807) is 7.11 Å². The highest BCUT2D eigenvalue weighted by atomic mass is 127. The standard InChI is InChI=1S/C21H35N5O.HI/c1-22-21(23-12-16-25-13-7-3-4-8-14-25)24-18-11-15-26(17-18)19-9-5-6-10-20(19)27-2;/h5-6,9-10,18H,3-4,7-8,11-17H2,1-2H3,(H2,22,23,24);1H. The number of rotatable bonds is 6. The first-order chi connectivity index (χ1) is 13.3. The number of hydrogen-bond donors (Lipinski definition) is 2. The van der Waals surface area contributed by atoms with Crippen molar-refractivity contribution in [2.75, 3.05) is 58.3 Å². The molecule has 0 aliphatic carbocycles. The van der Waals surface area contributed by atoms with E-state index in [-0.39, 0.29) is 24.0 Å². The van der Waals surface area contributed by atoms with Crippen molar-refractivity contribution in [1.82, 2.24) is 15.5 Å². The number of aliphatic imine (C=N–C) groups is 1. The molecule has 0 bridgehead atoms. The Morgan fingerprint density at radius 1 is 1.14 bits per heavy atom. The van der Waals surface area contributed by atoms with Crippen molar-refractivity contribution in [2.45, 2.75) is 38.1 Å². The van der Waals surface area contributed by atoms with E-state index < -0.39 is 0 Å². The summed E-state index contributed by atoms with van der Waals surface area (Å²) in [5.74, 6) is 1.86. The van der Waals surface area contributed by atoms with E-state index in [0.29, 0.717) is 6.04 Å². The maximum Gasteiger partial charge on any atom is 0.191 e. The highest BCUT2D eigenvalue weighted by Gasteiger charge is 2.25. The van der Waals surface area contributed by atoms with Gasteiger partial charge in [-0.1, -0.05) is 25.0 Å². The Kier molecular flexibility index (Phi) is 10.2. The van der Waals surface area contributed by atoms with Crippen LogP contribution in [0.1, 0.15) is 32.1 Å². The van der Waals surface area contributed by atoms with Crippen LogP contribution in [-0.2, 0) is 0 Å².